The molecule has 0 amide bonds. The van der Waals surface area contributed by atoms with Crippen molar-refractivity contribution in [1.82, 2.24) is 9.97 Å². The first kappa shape index (κ1) is 9.68. The van der Waals surface area contributed by atoms with Crippen LogP contribution in [0.3, 0.4) is 0 Å². The van der Waals surface area contributed by atoms with Crippen LogP contribution >= 0.6 is 0 Å². The number of hydrogen-bond donors (Lipinski definition) is 0. The highest BCUT2D eigenvalue weighted by molar-refractivity contribution is 7.91. The van der Waals surface area contributed by atoms with Gasteiger partial charge in [0.05, 0.1) is 11.9 Å². The van der Waals surface area contributed by atoms with Crippen LogP contribution in [0, 0.1) is 12.3 Å². The Labute approximate surface area is 77.0 Å². The summed E-state index contributed by atoms with van der Waals surface area (Å²) in [6, 6.07) is 0. The average Bonchev–Trinajstić information content (AvgIpc) is 2.16. The predicted molar refractivity (Wildman–Crippen MR) is 47.5 cm³/mol. The van der Waals surface area contributed by atoms with Gasteiger partial charge < -0.3 is 0 Å². The molecule has 0 atom stereocenters. The van der Waals surface area contributed by atoms with E-state index in [0.717, 1.165) is 0 Å². The third kappa shape index (κ3) is 2.53. The molecule has 0 aliphatic heterocycles. The molecule has 0 fully saturated rings. The van der Waals surface area contributed by atoms with E-state index in [1.807, 2.05) is 0 Å². The highest BCUT2D eigenvalue weighted by Crippen LogP contribution is 2.05. The largest absolute Gasteiger partial charge is 0.260 e. The van der Waals surface area contributed by atoms with Crippen LogP contribution in [-0.4, -0.2) is 24.1 Å². The van der Waals surface area contributed by atoms with Gasteiger partial charge in [-0.3, -0.25) is 4.98 Å². The third-order valence-electron chi connectivity index (χ3n) is 1.37. The maximum atomic E-state index is 11.4. The Morgan fingerprint density at radius 3 is 2.77 bits per heavy atom. The zero-order valence-electron chi connectivity index (χ0n) is 6.84. The molecule has 0 N–H and O–H groups in total. The molecule has 68 valence electrons. The summed E-state index contributed by atoms with van der Waals surface area (Å²) < 4.78 is 22.8. The van der Waals surface area contributed by atoms with Crippen molar-refractivity contribution in [3.8, 4) is 12.3 Å². The molecule has 0 unspecified atom stereocenters. The molecule has 4 nitrogen and oxygen atoms in total. The summed E-state index contributed by atoms with van der Waals surface area (Å²) in [5.41, 5.74) is 0. The fraction of sp³-hybridized carbons (Fsp3) is 0.250. The van der Waals surface area contributed by atoms with Crippen molar-refractivity contribution in [2.75, 3.05) is 5.75 Å². The van der Waals surface area contributed by atoms with Crippen molar-refractivity contribution >= 4 is 9.84 Å². The predicted octanol–water partition coefficient (Wildman–Crippen LogP) is 0.274. The molecule has 1 aromatic heterocycles. The van der Waals surface area contributed by atoms with Gasteiger partial charge in [-0.15, -0.1) is 12.3 Å². The van der Waals surface area contributed by atoms with E-state index in [4.69, 9.17) is 6.42 Å². The van der Waals surface area contributed by atoms with Crippen LogP contribution in [0.4, 0.5) is 0 Å². The molecule has 1 rings (SSSR count). The molecule has 0 bridgehead atoms. The van der Waals surface area contributed by atoms with E-state index in [9.17, 15) is 8.42 Å². The van der Waals surface area contributed by atoms with Gasteiger partial charge in [0.1, 0.15) is 0 Å². The first-order chi connectivity index (χ1) is 6.17. The van der Waals surface area contributed by atoms with E-state index >= 15 is 0 Å². The van der Waals surface area contributed by atoms with E-state index in [1.54, 1.807) is 0 Å². The Bertz CT molecular complexity index is 406. The lowest BCUT2D eigenvalue weighted by molar-refractivity contribution is 0.591. The number of sulfone groups is 1. The van der Waals surface area contributed by atoms with E-state index in [-0.39, 0.29) is 17.2 Å². The molecule has 1 heterocycles. The highest BCUT2D eigenvalue weighted by atomic mass is 32.2. The van der Waals surface area contributed by atoms with Crippen molar-refractivity contribution in [3.05, 3.63) is 18.6 Å². The van der Waals surface area contributed by atoms with E-state index in [1.165, 1.54) is 18.6 Å². The zero-order valence-corrected chi connectivity index (χ0v) is 7.66. The topological polar surface area (TPSA) is 59.9 Å². The smallest absolute Gasteiger partial charge is 0.198 e. The average molecular weight is 196 g/mol. The van der Waals surface area contributed by atoms with Crippen molar-refractivity contribution in [1.29, 1.82) is 0 Å². The minimum absolute atomic E-state index is 0.0229. The van der Waals surface area contributed by atoms with Gasteiger partial charge >= 0.3 is 0 Å². The molecule has 0 spiro atoms. The van der Waals surface area contributed by atoms with Crippen LogP contribution in [0.25, 0.3) is 0 Å². The van der Waals surface area contributed by atoms with Gasteiger partial charge in [0.2, 0.25) is 0 Å². The molecule has 0 saturated heterocycles. The van der Waals surface area contributed by atoms with Crippen LogP contribution in [-0.2, 0) is 9.84 Å². The Balaban J connectivity index is 2.90. The molecule has 0 aliphatic carbocycles. The van der Waals surface area contributed by atoms with Crippen LogP contribution < -0.4 is 0 Å². The summed E-state index contributed by atoms with van der Waals surface area (Å²) in [6.45, 7) is 0. The quantitative estimate of drug-likeness (QED) is 0.651. The Morgan fingerprint density at radius 1 is 1.46 bits per heavy atom. The second kappa shape index (κ2) is 4.01. The van der Waals surface area contributed by atoms with Crippen LogP contribution in [0.2, 0.25) is 0 Å². The highest BCUT2D eigenvalue weighted by Gasteiger charge is 2.14. The molecule has 0 aromatic carbocycles. The first-order valence-corrected chi connectivity index (χ1v) is 5.24. The van der Waals surface area contributed by atoms with Gasteiger partial charge in [0.15, 0.2) is 14.9 Å². The number of nitrogens with zero attached hydrogens (tertiary/aromatic N) is 2. The summed E-state index contributed by atoms with van der Waals surface area (Å²) in [7, 11) is -3.34. The summed E-state index contributed by atoms with van der Waals surface area (Å²) in [5, 5.41) is -0.0229. The number of rotatable bonds is 3. The number of aromatic nitrogens is 2. The van der Waals surface area contributed by atoms with Crippen molar-refractivity contribution in [2.45, 2.75) is 11.4 Å². The normalized spacial score (nSPS) is 10.7. The lowest BCUT2D eigenvalue weighted by atomic mass is 10.5. The van der Waals surface area contributed by atoms with Crippen molar-refractivity contribution in [3.63, 3.8) is 0 Å². The van der Waals surface area contributed by atoms with Gasteiger partial charge in [0, 0.05) is 18.8 Å². The fourth-order valence-corrected chi connectivity index (χ4v) is 1.78. The second-order valence-electron chi connectivity index (χ2n) is 2.32. The minimum Gasteiger partial charge on any atom is -0.260 e. The summed E-state index contributed by atoms with van der Waals surface area (Å²) in [5.74, 6) is 2.19. The second-order valence-corrected chi connectivity index (χ2v) is 4.37. The van der Waals surface area contributed by atoms with Gasteiger partial charge in [-0.1, -0.05) is 0 Å². The maximum Gasteiger partial charge on any atom is 0.198 e. The van der Waals surface area contributed by atoms with Gasteiger partial charge in [-0.05, 0) is 0 Å². The first-order valence-electron chi connectivity index (χ1n) is 3.59. The lowest BCUT2D eigenvalue weighted by Crippen LogP contribution is -2.08. The lowest BCUT2D eigenvalue weighted by Gasteiger charge is -1.98. The Hall–Kier alpha value is -1.41. The van der Waals surface area contributed by atoms with Crippen LogP contribution in [0.5, 0.6) is 0 Å². The van der Waals surface area contributed by atoms with Gasteiger partial charge in [0.25, 0.3) is 0 Å². The fourth-order valence-electron chi connectivity index (χ4n) is 0.744. The van der Waals surface area contributed by atoms with Gasteiger partial charge in [-0.2, -0.15) is 0 Å². The van der Waals surface area contributed by atoms with Crippen LogP contribution in [0.15, 0.2) is 23.6 Å². The van der Waals surface area contributed by atoms with Crippen LogP contribution in [0.1, 0.15) is 6.42 Å². The standard InChI is InChI=1S/C8H8N2O2S/c1-2-3-6-13(11,12)8-7-9-4-5-10-8/h1,4-5,7H,3,6H2. The van der Waals surface area contributed by atoms with Crippen molar-refractivity contribution in [2.24, 2.45) is 0 Å². The molecule has 0 radical (unpaired) electrons. The van der Waals surface area contributed by atoms with E-state index < -0.39 is 9.84 Å². The SMILES string of the molecule is C#CCCS(=O)(=O)c1cnccn1. The summed E-state index contributed by atoms with van der Waals surface area (Å²) in [4.78, 5) is 7.35. The minimum atomic E-state index is -3.34. The summed E-state index contributed by atoms with van der Waals surface area (Å²) >= 11 is 0. The number of terminal acetylenes is 1. The van der Waals surface area contributed by atoms with Gasteiger partial charge in [-0.25, -0.2) is 13.4 Å². The molecule has 5 heteroatoms. The Morgan fingerprint density at radius 2 is 2.23 bits per heavy atom. The Kier molecular flexibility index (Phi) is 2.98. The summed E-state index contributed by atoms with van der Waals surface area (Å²) in [6.07, 6.45) is 9.12. The monoisotopic (exact) mass is 196 g/mol. The molecular formula is C8H8N2O2S. The molecular weight excluding hydrogens is 188 g/mol. The molecule has 0 saturated carbocycles. The van der Waals surface area contributed by atoms with E-state index in [0.29, 0.717) is 0 Å². The van der Waals surface area contributed by atoms with Crippen molar-refractivity contribution < 1.29 is 8.42 Å². The van der Waals surface area contributed by atoms with E-state index in [2.05, 4.69) is 15.9 Å². The maximum absolute atomic E-state index is 11.4. The molecule has 0 aliphatic rings. The molecule has 1 aromatic rings. The molecule has 13 heavy (non-hydrogen) atoms. The third-order valence-corrected chi connectivity index (χ3v) is 2.96. The number of hydrogen-bond acceptors (Lipinski definition) is 4. The zero-order chi connectivity index (χ0) is 9.73.